The van der Waals surface area contributed by atoms with E-state index in [-0.39, 0.29) is 5.75 Å². The number of carbonyl (C=O) groups is 8. The molecule has 1 saturated heterocycles. The fourth-order valence-corrected chi connectivity index (χ4v) is 5.40. The topological polar surface area (TPSA) is 278 Å². The van der Waals surface area contributed by atoms with Crippen LogP contribution in [-0.2, 0) is 43.1 Å². The lowest BCUT2D eigenvalue weighted by Gasteiger charge is -2.31. The van der Waals surface area contributed by atoms with Crippen molar-refractivity contribution in [2.45, 2.75) is 83.8 Å². The van der Waals surface area contributed by atoms with E-state index in [4.69, 9.17) is 16.2 Å². The van der Waals surface area contributed by atoms with Crippen LogP contribution in [0.3, 0.4) is 0 Å². The van der Waals surface area contributed by atoms with E-state index in [0.29, 0.717) is 4.47 Å². The molecule has 0 spiro atoms. The van der Waals surface area contributed by atoms with Crippen molar-refractivity contribution in [2.24, 2.45) is 23.3 Å². The molecule has 0 bridgehead atoms. The smallest absolute Gasteiger partial charge is 0.329 e. The van der Waals surface area contributed by atoms with Gasteiger partial charge in [0.2, 0.25) is 41.4 Å². The number of cyclic esters (lactones) is 1. The second-order valence-electron chi connectivity index (χ2n) is 13.3. The zero-order chi connectivity index (χ0) is 41.4. The fraction of sp³-hybridized carbons (Fsp3) is 0.405. The maximum absolute atomic E-state index is 13.7. The minimum Gasteiger partial charge on any atom is -0.507 e. The van der Waals surface area contributed by atoms with Gasteiger partial charge in [0.05, 0.1) is 17.3 Å². The van der Waals surface area contributed by atoms with E-state index in [2.05, 4.69) is 42.5 Å². The van der Waals surface area contributed by atoms with Crippen LogP contribution in [0.15, 0.2) is 65.2 Å². The van der Waals surface area contributed by atoms with E-state index in [1.165, 1.54) is 13.0 Å². The Labute approximate surface area is 326 Å². The minimum atomic E-state index is -1.65. The highest BCUT2D eigenvalue weighted by Gasteiger charge is 2.38. The Kier molecular flexibility index (Phi) is 18.0. The number of aromatic hydroxyl groups is 1. The summed E-state index contributed by atoms with van der Waals surface area (Å²) in [5, 5.41) is 21.7. The maximum atomic E-state index is 13.7. The van der Waals surface area contributed by atoms with E-state index in [9.17, 15) is 43.5 Å². The zero-order valence-electron chi connectivity index (χ0n) is 31.0. The van der Waals surface area contributed by atoms with E-state index < -0.39 is 108 Å². The van der Waals surface area contributed by atoms with Crippen molar-refractivity contribution in [1.82, 2.24) is 26.6 Å². The summed E-state index contributed by atoms with van der Waals surface area (Å²) in [4.78, 5) is 104. The molecule has 6 atom stereocenters. The van der Waals surface area contributed by atoms with Gasteiger partial charge < -0.3 is 47.9 Å². The Morgan fingerprint density at radius 1 is 0.782 bits per heavy atom. The highest BCUT2D eigenvalue weighted by atomic mass is 79.9. The third kappa shape index (κ3) is 15.2. The van der Waals surface area contributed by atoms with Crippen molar-refractivity contribution in [2.75, 3.05) is 0 Å². The molecule has 298 valence electrons. The number of nitrogens with one attached hydrogen (secondary N) is 5. The van der Waals surface area contributed by atoms with Crippen LogP contribution >= 0.6 is 15.9 Å². The molecule has 10 N–H and O–H groups in total. The lowest BCUT2D eigenvalue weighted by atomic mass is 10.0. The normalized spacial score (nSPS) is 23.5. The van der Waals surface area contributed by atoms with Gasteiger partial charge in [0.15, 0.2) is 0 Å². The van der Waals surface area contributed by atoms with Crippen LogP contribution in [0.5, 0.6) is 5.75 Å². The number of benzene rings is 1. The number of amides is 7. The number of rotatable bonds is 12. The van der Waals surface area contributed by atoms with Crippen LogP contribution < -0.4 is 38.1 Å². The first-order chi connectivity index (χ1) is 25.8. The lowest BCUT2D eigenvalue weighted by molar-refractivity contribution is -0.157. The van der Waals surface area contributed by atoms with Crippen LogP contribution in [0.25, 0.3) is 6.08 Å². The second kappa shape index (κ2) is 21.8. The molecule has 18 heteroatoms. The molecule has 7 amide bonds. The average molecular weight is 831 g/mol. The Balaban J connectivity index is 2.40. The Bertz CT molecular complexity index is 1740. The molecule has 55 heavy (non-hydrogen) atoms. The molecule has 1 aliphatic heterocycles. The number of primary amides is 2. The molecular formula is C37H48BrN7O10. The number of esters is 1. The summed E-state index contributed by atoms with van der Waals surface area (Å²) in [7, 11) is 0. The molecule has 0 radical (unpaired) electrons. The standard InChI is InChI=1S/C37H48BrN7O10/c1-19(2)30-35(52)42-24(17-27(39)47)33(50)41-25(18-28(40)48)34(51)45-31(20(3)4)37(54)55-21(5)32(36(53)44-30)43-29(49)13-11-9-7-6-8-10-12-22-14-15-26(46)23(38)16-22/h6-16,19-21,24-25,30-32,46H,17-18H2,1-5H3,(H2,39,47)(H2,40,48)(H,41,50)(H,42,52)(H,43,49)(H,44,53)(H,45,51). The Hall–Kier alpha value is -5.78. The third-order valence-electron chi connectivity index (χ3n) is 7.96. The predicted molar refractivity (Wildman–Crippen MR) is 205 cm³/mol. The first kappa shape index (κ1) is 45.4. The number of hydrogen-bond acceptors (Lipinski definition) is 10. The van der Waals surface area contributed by atoms with Gasteiger partial charge in [-0.1, -0.05) is 76.3 Å². The highest BCUT2D eigenvalue weighted by Crippen LogP contribution is 2.24. The molecule has 0 aromatic heterocycles. The molecular weight excluding hydrogens is 782 g/mol. The zero-order valence-corrected chi connectivity index (χ0v) is 32.6. The van der Waals surface area contributed by atoms with Gasteiger partial charge in [0, 0.05) is 6.08 Å². The summed E-state index contributed by atoms with van der Waals surface area (Å²) in [6, 6.07) is -2.54. The molecule has 0 aliphatic carbocycles. The maximum Gasteiger partial charge on any atom is 0.329 e. The molecule has 17 nitrogen and oxygen atoms in total. The van der Waals surface area contributed by atoms with E-state index in [1.807, 2.05) is 6.08 Å². The number of phenols is 1. The van der Waals surface area contributed by atoms with Crippen molar-refractivity contribution >= 4 is 69.3 Å². The van der Waals surface area contributed by atoms with Gasteiger partial charge in [-0.2, -0.15) is 0 Å². The van der Waals surface area contributed by atoms with Crippen LogP contribution in [0.2, 0.25) is 0 Å². The van der Waals surface area contributed by atoms with Crippen molar-refractivity contribution in [3.63, 3.8) is 0 Å². The first-order valence-electron chi connectivity index (χ1n) is 17.3. The number of hydrogen-bond donors (Lipinski definition) is 8. The average Bonchev–Trinajstić information content (AvgIpc) is 3.08. The lowest BCUT2D eigenvalue weighted by Crippen LogP contribution is -2.62. The quantitative estimate of drug-likeness (QED) is 0.0809. The summed E-state index contributed by atoms with van der Waals surface area (Å²) in [5.41, 5.74) is 11.5. The monoisotopic (exact) mass is 829 g/mol. The number of halogens is 1. The summed E-state index contributed by atoms with van der Waals surface area (Å²) >= 11 is 3.25. The Morgan fingerprint density at radius 2 is 1.29 bits per heavy atom. The highest BCUT2D eigenvalue weighted by molar-refractivity contribution is 9.10. The number of phenolic OH excluding ortho intramolecular Hbond substituents is 1. The minimum absolute atomic E-state index is 0.123. The summed E-state index contributed by atoms with van der Waals surface area (Å²) < 4.78 is 6.13. The van der Waals surface area contributed by atoms with Crippen LogP contribution in [-0.4, -0.2) is 88.7 Å². The molecule has 2 rings (SSSR count). The van der Waals surface area contributed by atoms with Gasteiger partial charge >= 0.3 is 5.97 Å². The molecule has 1 heterocycles. The van der Waals surface area contributed by atoms with Gasteiger partial charge in [-0.3, -0.25) is 33.6 Å². The molecule has 6 unspecified atom stereocenters. The first-order valence-corrected chi connectivity index (χ1v) is 18.1. The number of ether oxygens (including phenoxy) is 1. The molecule has 0 saturated carbocycles. The van der Waals surface area contributed by atoms with Crippen molar-refractivity contribution in [3.8, 4) is 5.75 Å². The van der Waals surface area contributed by atoms with E-state index in [1.54, 1.807) is 76.3 Å². The Morgan fingerprint density at radius 3 is 1.84 bits per heavy atom. The fourth-order valence-electron chi connectivity index (χ4n) is 5.00. The second-order valence-corrected chi connectivity index (χ2v) is 14.1. The van der Waals surface area contributed by atoms with Gasteiger partial charge in [-0.25, -0.2) is 4.79 Å². The van der Waals surface area contributed by atoms with Crippen LogP contribution in [0.4, 0.5) is 0 Å². The van der Waals surface area contributed by atoms with Gasteiger partial charge in [-0.15, -0.1) is 0 Å². The largest absolute Gasteiger partial charge is 0.507 e. The van der Waals surface area contributed by atoms with Gasteiger partial charge in [-0.05, 0) is 52.4 Å². The van der Waals surface area contributed by atoms with Gasteiger partial charge in [0.1, 0.15) is 42.1 Å². The number of allylic oxidation sites excluding steroid dienone is 6. The third-order valence-corrected chi connectivity index (χ3v) is 8.59. The molecule has 1 aromatic carbocycles. The number of carbonyl (C=O) groups excluding carboxylic acids is 8. The van der Waals surface area contributed by atoms with Crippen molar-refractivity contribution in [1.29, 1.82) is 0 Å². The van der Waals surface area contributed by atoms with Crippen molar-refractivity contribution in [3.05, 3.63) is 70.8 Å². The summed E-state index contributed by atoms with van der Waals surface area (Å²) in [6.45, 7) is 7.64. The van der Waals surface area contributed by atoms with Crippen LogP contribution in [0, 0.1) is 11.8 Å². The summed E-state index contributed by atoms with van der Waals surface area (Å²) in [6.07, 6.45) is 9.91. The predicted octanol–water partition coefficient (Wildman–Crippen LogP) is 0.269. The molecule has 1 aromatic rings. The van der Waals surface area contributed by atoms with Gasteiger partial charge in [0.25, 0.3) is 0 Å². The number of nitrogens with two attached hydrogens (primary N) is 2. The van der Waals surface area contributed by atoms with E-state index in [0.717, 1.165) is 11.6 Å². The molecule has 1 fully saturated rings. The van der Waals surface area contributed by atoms with Crippen LogP contribution in [0.1, 0.15) is 53.0 Å². The summed E-state index contributed by atoms with van der Waals surface area (Å²) in [5.74, 6) is -8.82. The molecule has 1 aliphatic rings. The SMILES string of the molecule is CC(C)C1NC(=O)C(NC(=O)C=CC=CC=CC=Cc2ccc(O)c(Br)c2)C(C)OC(=O)C(C(C)C)NC(=O)C(CC(N)=O)NC(=O)C(CC(N)=O)NC1=O. The van der Waals surface area contributed by atoms with E-state index >= 15 is 0 Å². The van der Waals surface area contributed by atoms with Crippen molar-refractivity contribution < 1.29 is 48.2 Å².